The van der Waals surface area contributed by atoms with E-state index in [2.05, 4.69) is 4.90 Å². The second-order valence-electron chi connectivity index (χ2n) is 12.8. The van der Waals surface area contributed by atoms with Crippen LogP contribution in [0.3, 0.4) is 0 Å². The molecule has 0 aliphatic carbocycles. The summed E-state index contributed by atoms with van der Waals surface area (Å²) in [5.41, 5.74) is 3.66. The summed E-state index contributed by atoms with van der Waals surface area (Å²) >= 11 is 1.45. The Morgan fingerprint density at radius 3 is 2.00 bits per heavy atom. The van der Waals surface area contributed by atoms with Gasteiger partial charge >= 0.3 is 11.9 Å². The number of hydrogen-bond acceptors (Lipinski definition) is 8. The molecule has 0 radical (unpaired) electrons. The van der Waals surface area contributed by atoms with Crippen LogP contribution in [-0.2, 0) is 6.42 Å². The number of nitrogens with zero attached hydrogens (tertiary/aromatic N) is 1. The van der Waals surface area contributed by atoms with E-state index in [0.717, 1.165) is 51.5 Å². The van der Waals surface area contributed by atoms with E-state index >= 15 is 0 Å². The molecule has 0 atom stereocenters. The third-order valence-corrected chi connectivity index (χ3v) is 10.5. The Morgan fingerprint density at radius 2 is 1.33 bits per heavy atom. The van der Waals surface area contributed by atoms with Crippen LogP contribution in [0, 0.1) is 0 Å². The number of fused-ring (bicyclic) bond motifs is 1. The Morgan fingerprint density at radius 1 is 0.673 bits per heavy atom. The Hall–Kier alpha value is -5.57. The van der Waals surface area contributed by atoms with Crippen LogP contribution in [0.1, 0.15) is 68.4 Å². The molecule has 5 aromatic carbocycles. The number of esters is 2. The van der Waals surface area contributed by atoms with Crippen LogP contribution in [0.15, 0.2) is 121 Å². The van der Waals surface area contributed by atoms with Crippen LogP contribution >= 0.6 is 11.3 Å². The Labute approximate surface area is 307 Å². The van der Waals surface area contributed by atoms with Gasteiger partial charge in [0.2, 0.25) is 0 Å². The normalized spacial score (nSPS) is 13.1. The molecule has 1 aliphatic heterocycles. The number of hydrogen-bond donors (Lipinski definition) is 0. The molecular formula is C44H39NO6S. The Bertz CT molecular complexity index is 2190. The lowest BCUT2D eigenvalue weighted by Crippen LogP contribution is -2.33. The van der Waals surface area contributed by atoms with Crippen molar-refractivity contribution in [1.29, 1.82) is 0 Å². The highest BCUT2D eigenvalue weighted by atomic mass is 32.1. The molecule has 0 amide bonds. The number of likely N-dealkylation sites (tertiary alicyclic amines) is 1. The fourth-order valence-corrected chi connectivity index (χ4v) is 7.69. The van der Waals surface area contributed by atoms with Gasteiger partial charge in [0, 0.05) is 32.6 Å². The molecule has 8 heteroatoms. The lowest BCUT2D eigenvalue weighted by atomic mass is 9.96. The van der Waals surface area contributed by atoms with Crippen LogP contribution in [0.25, 0.3) is 20.5 Å². The molecule has 7 rings (SSSR count). The summed E-state index contributed by atoms with van der Waals surface area (Å²) in [6, 6.07) is 36.0. The smallest absolute Gasteiger partial charge is 0.343 e. The maximum absolute atomic E-state index is 14.4. The summed E-state index contributed by atoms with van der Waals surface area (Å²) < 4.78 is 18.4. The van der Waals surface area contributed by atoms with Crippen molar-refractivity contribution < 1.29 is 28.6 Å². The molecule has 1 fully saturated rings. The second-order valence-corrected chi connectivity index (χ2v) is 13.8. The number of aryl methyl sites for hydroxylation is 1. The van der Waals surface area contributed by atoms with Crippen molar-refractivity contribution in [3.05, 3.63) is 149 Å². The summed E-state index contributed by atoms with van der Waals surface area (Å²) in [5.74, 6) is 0.559. The molecule has 0 unspecified atom stereocenters. The van der Waals surface area contributed by atoms with Crippen LogP contribution < -0.4 is 14.2 Å². The van der Waals surface area contributed by atoms with Gasteiger partial charge in [-0.1, -0.05) is 49.7 Å². The van der Waals surface area contributed by atoms with E-state index in [1.165, 1.54) is 30.6 Å². The van der Waals surface area contributed by atoms with Gasteiger partial charge in [0.25, 0.3) is 0 Å². The largest absolute Gasteiger partial charge is 0.492 e. The van der Waals surface area contributed by atoms with Crippen molar-refractivity contribution in [1.82, 2.24) is 4.90 Å². The third kappa shape index (κ3) is 7.99. The molecule has 0 bridgehead atoms. The zero-order chi connectivity index (χ0) is 35.9. The molecule has 2 heterocycles. The molecule has 0 saturated carbocycles. The number of ketones is 1. The highest BCUT2D eigenvalue weighted by Crippen LogP contribution is 2.42. The first-order chi connectivity index (χ1) is 25.5. The summed E-state index contributed by atoms with van der Waals surface area (Å²) in [7, 11) is 0. The predicted octanol–water partition coefficient (Wildman–Crippen LogP) is 9.66. The zero-order valence-electron chi connectivity index (χ0n) is 29.0. The monoisotopic (exact) mass is 709 g/mol. The minimum atomic E-state index is -0.459. The molecule has 1 aliphatic rings. The lowest BCUT2D eigenvalue weighted by molar-refractivity contribution is 0.0724. The minimum absolute atomic E-state index is 0.132. The lowest BCUT2D eigenvalue weighted by Gasteiger charge is -2.26. The van der Waals surface area contributed by atoms with Gasteiger partial charge in [0.15, 0.2) is 5.78 Å². The summed E-state index contributed by atoms with van der Waals surface area (Å²) in [4.78, 5) is 43.4. The number of thiophene rings is 1. The van der Waals surface area contributed by atoms with Gasteiger partial charge in [0.1, 0.15) is 23.9 Å². The molecule has 1 saturated heterocycles. The van der Waals surface area contributed by atoms with Crippen LogP contribution in [0.2, 0.25) is 0 Å². The van der Waals surface area contributed by atoms with Crippen molar-refractivity contribution in [2.24, 2.45) is 0 Å². The molecular weight excluding hydrogens is 671 g/mol. The molecule has 0 N–H and O–H groups in total. The summed E-state index contributed by atoms with van der Waals surface area (Å²) in [6.07, 6.45) is 4.38. The van der Waals surface area contributed by atoms with Crippen LogP contribution in [0.5, 0.6) is 17.2 Å². The minimum Gasteiger partial charge on any atom is -0.492 e. The van der Waals surface area contributed by atoms with Crippen LogP contribution in [-0.4, -0.2) is 48.9 Å². The first-order valence-corrected chi connectivity index (χ1v) is 18.5. The Balaban J connectivity index is 1.20. The molecule has 1 aromatic heterocycles. The predicted molar refractivity (Wildman–Crippen MR) is 205 cm³/mol. The van der Waals surface area contributed by atoms with Gasteiger partial charge in [-0.25, -0.2) is 9.59 Å². The van der Waals surface area contributed by atoms with E-state index in [0.29, 0.717) is 46.8 Å². The average Bonchev–Trinajstić information content (AvgIpc) is 3.58. The first-order valence-electron chi connectivity index (χ1n) is 17.7. The maximum atomic E-state index is 14.4. The van der Waals surface area contributed by atoms with E-state index in [9.17, 15) is 14.4 Å². The van der Waals surface area contributed by atoms with Crippen molar-refractivity contribution >= 4 is 39.1 Å². The molecule has 52 heavy (non-hydrogen) atoms. The van der Waals surface area contributed by atoms with E-state index in [4.69, 9.17) is 14.2 Å². The zero-order valence-corrected chi connectivity index (χ0v) is 29.8. The highest BCUT2D eigenvalue weighted by Gasteiger charge is 2.24. The van der Waals surface area contributed by atoms with Crippen molar-refractivity contribution in [2.75, 3.05) is 26.2 Å². The van der Waals surface area contributed by atoms with Gasteiger partial charge in [-0.15, -0.1) is 11.3 Å². The van der Waals surface area contributed by atoms with Crippen molar-refractivity contribution in [3.63, 3.8) is 0 Å². The van der Waals surface area contributed by atoms with E-state index in [-0.39, 0.29) is 5.78 Å². The first kappa shape index (κ1) is 34.9. The number of ether oxygens (including phenoxy) is 3. The van der Waals surface area contributed by atoms with Gasteiger partial charge < -0.3 is 14.2 Å². The fraction of sp³-hybridized carbons (Fsp3) is 0.205. The fourth-order valence-electron chi connectivity index (χ4n) is 6.46. The van der Waals surface area contributed by atoms with Gasteiger partial charge in [0.05, 0.1) is 11.1 Å². The van der Waals surface area contributed by atoms with Crippen molar-refractivity contribution in [3.8, 4) is 27.7 Å². The molecule has 262 valence electrons. The van der Waals surface area contributed by atoms with Crippen molar-refractivity contribution in [2.45, 2.75) is 32.6 Å². The van der Waals surface area contributed by atoms with E-state index < -0.39 is 11.9 Å². The number of benzene rings is 5. The standard InChI is InChI=1S/C44H39NO6S/c1-2-30-28-34(18-23-38(30)51-44(48)33-14-8-4-9-15-33)42-40(37-22-21-36(29-39(37)52-42)50-43(47)32-12-6-3-7-13-32)41(46)31-16-19-35(20-17-31)49-27-26-45-24-10-5-11-25-45/h3-4,6-9,12-23,28-29H,2,5,10-11,24-27H2,1H3. The van der Waals surface area contributed by atoms with Gasteiger partial charge in [-0.3, -0.25) is 9.69 Å². The molecule has 0 spiro atoms. The average molecular weight is 710 g/mol. The third-order valence-electron chi connectivity index (χ3n) is 9.27. The second kappa shape index (κ2) is 16.2. The summed E-state index contributed by atoms with van der Waals surface area (Å²) in [5, 5.41) is 0.754. The van der Waals surface area contributed by atoms with E-state index in [1.807, 2.05) is 61.5 Å². The van der Waals surface area contributed by atoms with Gasteiger partial charge in [-0.05, 0) is 128 Å². The van der Waals surface area contributed by atoms with Gasteiger partial charge in [-0.2, -0.15) is 0 Å². The van der Waals surface area contributed by atoms with Crippen LogP contribution in [0.4, 0.5) is 0 Å². The number of carbonyl (C=O) groups excluding carboxylic acids is 3. The quantitative estimate of drug-likeness (QED) is 0.0711. The molecule has 6 aromatic rings. The highest BCUT2D eigenvalue weighted by molar-refractivity contribution is 7.22. The number of rotatable bonds is 12. The number of carbonyl (C=O) groups is 3. The molecule has 7 nitrogen and oxygen atoms in total. The van der Waals surface area contributed by atoms with E-state index in [1.54, 1.807) is 66.7 Å². The SMILES string of the molecule is CCc1cc(-c2sc3cc(OC(=O)c4ccccc4)ccc3c2C(=O)c2ccc(OCCN3CCCCC3)cc2)ccc1OC(=O)c1ccccc1. The number of piperidine rings is 1. The summed E-state index contributed by atoms with van der Waals surface area (Å²) in [6.45, 7) is 5.72. The maximum Gasteiger partial charge on any atom is 0.343 e. The topological polar surface area (TPSA) is 82.1 Å². The Kier molecular flexibility index (Phi) is 10.9.